The van der Waals surface area contributed by atoms with E-state index >= 15 is 0 Å². The fourth-order valence-electron chi connectivity index (χ4n) is 3.23. The second kappa shape index (κ2) is 12.5. The third-order valence-corrected chi connectivity index (χ3v) is 4.93. The van der Waals surface area contributed by atoms with E-state index < -0.39 is 11.7 Å². The Labute approximate surface area is 188 Å². The lowest BCUT2D eigenvalue weighted by molar-refractivity contribution is -0.138. The van der Waals surface area contributed by atoms with Crippen LogP contribution in [0, 0.1) is 5.92 Å². The van der Waals surface area contributed by atoms with Crippen molar-refractivity contribution >= 4 is 29.9 Å². The Morgan fingerprint density at radius 1 is 1.31 bits per heavy atom. The minimum Gasteiger partial charge on any atom is -0.497 e. The third-order valence-electron chi connectivity index (χ3n) is 4.93. The largest absolute Gasteiger partial charge is 0.497 e. The highest BCUT2D eigenvalue weighted by atomic mass is 127. The van der Waals surface area contributed by atoms with E-state index in [9.17, 15) is 13.2 Å². The topological polar surface area (TPSA) is 46.1 Å². The first-order valence-electron chi connectivity index (χ1n) is 9.66. The van der Waals surface area contributed by atoms with Crippen LogP contribution in [-0.4, -0.2) is 51.3 Å². The number of aliphatic imine (C=N–C) groups is 1. The zero-order chi connectivity index (χ0) is 20.6. The van der Waals surface area contributed by atoms with Crippen LogP contribution in [0.5, 0.6) is 5.75 Å². The summed E-state index contributed by atoms with van der Waals surface area (Å²) in [6.45, 7) is 4.94. The van der Waals surface area contributed by atoms with Gasteiger partial charge < -0.3 is 19.7 Å². The molecule has 29 heavy (non-hydrogen) atoms. The molecule has 9 heteroatoms. The van der Waals surface area contributed by atoms with Crippen LogP contribution < -0.4 is 10.1 Å². The maximum Gasteiger partial charge on any atom is 0.416 e. The molecule has 1 aromatic rings. The summed E-state index contributed by atoms with van der Waals surface area (Å²) >= 11 is 0. The first kappa shape index (κ1) is 25.8. The van der Waals surface area contributed by atoms with Crippen LogP contribution >= 0.6 is 24.0 Å². The molecule has 2 rings (SSSR count). The van der Waals surface area contributed by atoms with Crippen molar-refractivity contribution in [3.05, 3.63) is 29.3 Å². The molecule has 0 atom stereocenters. The first-order valence-corrected chi connectivity index (χ1v) is 9.66. The number of alkyl halides is 3. The summed E-state index contributed by atoms with van der Waals surface area (Å²) in [5, 5.41) is 3.17. The molecule has 0 radical (unpaired) electrons. The Kier molecular flexibility index (Phi) is 11.1. The van der Waals surface area contributed by atoms with Gasteiger partial charge in [0.2, 0.25) is 0 Å². The van der Waals surface area contributed by atoms with Crippen molar-refractivity contribution in [3.8, 4) is 5.75 Å². The summed E-state index contributed by atoms with van der Waals surface area (Å²) in [6.07, 6.45) is -1.32. The van der Waals surface area contributed by atoms with Gasteiger partial charge in [-0.05, 0) is 49.8 Å². The molecule has 166 valence electrons. The van der Waals surface area contributed by atoms with Crippen molar-refractivity contribution in [2.24, 2.45) is 10.9 Å². The second-order valence-electron chi connectivity index (χ2n) is 6.96. The highest BCUT2D eigenvalue weighted by Crippen LogP contribution is 2.34. The fourth-order valence-corrected chi connectivity index (χ4v) is 3.23. The second-order valence-corrected chi connectivity index (χ2v) is 6.96. The van der Waals surface area contributed by atoms with Crippen molar-refractivity contribution < 1.29 is 22.6 Å². The molecule has 0 unspecified atom stereocenters. The van der Waals surface area contributed by atoms with Crippen LogP contribution in [0.25, 0.3) is 0 Å². The molecule has 0 bridgehead atoms. The number of halogens is 4. The highest BCUT2D eigenvalue weighted by Gasteiger charge is 2.33. The summed E-state index contributed by atoms with van der Waals surface area (Å²) in [6, 6.07) is 3.98. The number of hydrogen-bond acceptors (Lipinski definition) is 3. The lowest BCUT2D eigenvalue weighted by Crippen LogP contribution is -2.40. The van der Waals surface area contributed by atoms with Crippen molar-refractivity contribution in [3.63, 3.8) is 0 Å². The summed E-state index contributed by atoms with van der Waals surface area (Å²) in [7, 11) is 3.27. The molecule has 1 aliphatic heterocycles. The Hall–Kier alpha value is -1.23. The number of hydrogen-bond donors (Lipinski definition) is 1. The molecule has 0 amide bonds. The van der Waals surface area contributed by atoms with Gasteiger partial charge >= 0.3 is 6.18 Å². The minimum atomic E-state index is -4.45. The van der Waals surface area contributed by atoms with E-state index in [1.165, 1.54) is 19.2 Å². The van der Waals surface area contributed by atoms with E-state index in [0.29, 0.717) is 18.4 Å². The Morgan fingerprint density at radius 3 is 2.59 bits per heavy atom. The molecule has 5 nitrogen and oxygen atoms in total. The molecule has 1 N–H and O–H groups in total. The lowest BCUT2D eigenvalue weighted by atomic mass is 9.96. The van der Waals surface area contributed by atoms with Gasteiger partial charge in [0.15, 0.2) is 5.96 Å². The molecular weight excluding hydrogens is 498 g/mol. The number of methoxy groups -OCH3 is 1. The zero-order valence-corrected chi connectivity index (χ0v) is 19.5. The van der Waals surface area contributed by atoms with E-state index in [1.54, 1.807) is 0 Å². The standard InChI is InChI=1S/C20H30F3N3O2.HI/c1-4-24-19(26(2)10-7-15-8-11-28-12-9-15)25-14-16-5-6-17(27-3)13-18(16)20(21,22)23;/h5-6,13,15H,4,7-12,14H2,1-3H3,(H,24,25);1H. The van der Waals surface area contributed by atoms with Crippen molar-refractivity contribution in [1.82, 2.24) is 10.2 Å². The quantitative estimate of drug-likeness (QED) is 0.320. The molecule has 1 fully saturated rings. The number of ether oxygens (including phenoxy) is 2. The van der Waals surface area contributed by atoms with Crippen LogP contribution in [0.15, 0.2) is 23.2 Å². The van der Waals surface area contributed by atoms with E-state index in [2.05, 4.69) is 10.3 Å². The van der Waals surface area contributed by atoms with Crippen LogP contribution in [0.3, 0.4) is 0 Å². The Balaban J connectivity index is 0.00000420. The maximum absolute atomic E-state index is 13.4. The molecule has 1 heterocycles. The smallest absolute Gasteiger partial charge is 0.416 e. The number of guanidine groups is 1. The van der Waals surface area contributed by atoms with Gasteiger partial charge in [-0.25, -0.2) is 4.99 Å². The number of rotatable bonds is 7. The van der Waals surface area contributed by atoms with Gasteiger partial charge in [0.25, 0.3) is 0 Å². The zero-order valence-electron chi connectivity index (χ0n) is 17.2. The minimum absolute atomic E-state index is 0. The van der Waals surface area contributed by atoms with Gasteiger partial charge in [-0.2, -0.15) is 13.2 Å². The molecule has 0 aliphatic carbocycles. The SMILES string of the molecule is CCNC(=NCc1ccc(OC)cc1C(F)(F)F)N(C)CCC1CCOCC1.I. The van der Waals surface area contributed by atoms with Gasteiger partial charge in [0.1, 0.15) is 5.75 Å². The summed E-state index contributed by atoms with van der Waals surface area (Å²) in [4.78, 5) is 6.42. The van der Waals surface area contributed by atoms with Gasteiger partial charge in [-0.15, -0.1) is 24.0 Å². The maximum atomic E-state index is 13.4. The van der Waals surface area contributed by atoms with Crippen LogP contribution in [0.4, 0.5) is 13.2 Å². The summed E-state index contributed by atoms with van der Waals surface area (Å²) < 4.78 is 50.5. The fraction of sp³-hybridized carbons (Fsp3) is 0.650. The van der Waals surface area contributed by atoms with Crippen LogP contribution in [0.1, 0.15) is 37.3 Å². The molecule has 1 saturated heterocycles. The predicted octanol–water partition coefficient (Wildman–Crippen LogP) is 4.55. The van der Waals surface area contributed by atoms with Gasteiger partial charge in [-0.1, -0.05) is 6.07 Å². The first-order chi connectivity index (χ1) is 13.3. The predicted molar refractivity (Wildman–Crippen MR) is 119 cm³/mol. The Bertz CT molecular complexity index is 650. The van der Waals surface area contributed by atoms with Crippen LogP contribution in [0.2, 0.25) is 0 Å². The molecule has 1 aliphatic rings. The van der Waals surface area contributed by atoms with Gasteiger partial charge in [0.05, 0.1) is 19.2 Å². The lowest BCUT2D eigenvalue weighted by Gasteiger charge is -2.27. The van der Waals surface area contributed by atoms with Crippen molar-refractivity contribution in [2.75, 3.05) is 40.5 Å². The molecule has 1 aromatic carbocycles. The molecule has 0 saturated carbocycles. The van der Waals surface area contributed by atoms with E-state index in [4.69, 9.17) is 9.47 Å². The average molecular weight is 529 g/mol. The van der Waals surface area contributed by atoms with E-state index in [-0.39, 0.29) is 41.8 Å². The normalized spacial score (nSPS) is 15.6. The molecule has 0 aromatic heterocycles. The highest BCUT2D eigenvalue weighted by molar-refractivity contribution is 14.0. The number of nitrogens with zero attached hydrogens (tertiary/aromatic N) is 2. The summed E-state index contributed by atoms with van der Waals surface area (Å²) in [5.74, 6) is 1.41. The van der Waals surface area contributed by atoms with Crippen LogP contribution in [-0.2, 0) is 17.5 Å². The van der Waals surface area contributed by atoms with Crippen molar-refractivity contribution in [2.45, 2.75) is 38.9 Å². The molecular formula is C20H31F3IN3O2. The summed E-state index contributed by atoms with van der Waals surface area (Å²) in [5.41, 5.74) is -0.585. The number of nitrogens with one attached hydrogen (secondary N) is 1. The van der Waals surface area contributed by atoms with Crippen molar-refractivity contribution in [1.29, 1.82) is 0 Å². The van der Waals surface area contributed by atoms with Gasteiger partial charge in [-0.3, -0.25) is 0 Å². The third kappa shape index (κ3) is 8.19. The number of benzene rings is 1. The van der Waals surface area contributed by atoms with Gasteiger partial charge in [0, 0.05) is 33.4 Å². The Morgan fingerprint density at radius 2 is 2.00 bits per heavy atom. The van der Waals surface area contributed by atoms with E-state index in [0.717, 1.165) is 45.1 Å². The monoisotopic (exact) mass is 529 g/mol. The van der Waals surface area contributed by atoms with E-state index in [1.807, 2.05) is 18.9 Å². The molecule has 0 spiro atoms. The average Bonchev–Trinajstić information content (AvgIpc) is 2.69.